The smallest absolute Gasteiger partial charge is 0.386 e. The second kappa shape index (κ2) is 5.86. The van der Waals surface area contributed by atoms with E-state index in [0.717, 1.165) is 0 Å². The molecule has 1 heterocycles. The number of hydrogen-bond acceptors (Lipinski definition) is 6. The molecular weight excluding hydrogens is 254 g/mol. The van der Waals surface area contributed by atoms with Crippen molar-refractivity contribution in [2.75, 3.05) is 20.8 Å². The standard InChI is InChI=1S/C7H16BO6PS/c1-11-3-4-6(5(9)7(8)13-4)14-15(10,16)12-2/h4-7,9H,3,8H2,1-2H3,(H,10,16)/t4-,5?,6+,7-,15?/m1/s1. The van der Waals surface area contributed by atoms with E-state index in [1.54, 1.807) is 7.85 Å². The van der Waals surface area contributed by atoms with Gasteiger partial charge in [-0.05, 0) is 0 Å². The van der Waals surface area contributed by atoms with Crippen molar-refractivity contribution in [1.82, 2.24) is 0 Å². The Labute approximate surface area is 101 Å². The van der Waals surface area contributed by atoms with Gasteiger partial charge in [0.15, 0.2) is 0 Å². The molecule has 0 aromatic heterocycles. The molecule has 1 N–H and O–H groups in total. The Morgan fingerprint density at radius 3 is 2.69 bits per heavy atom. The molecule has 0 aliphatic carbocycles. The molecule has 16 heavy (non-hydrogen) atoms. The third-order valence-corrected chi connectivity index (χ3v) is 4.13. The van der Waals surface area contributed by atoms with Crippen LogP contribution in [0.4, 0.5) is 0 Å². The Morgan fingerprint density at radius 1 is 1.56 bits per heavy atom. The number of aliphatic hydroxyl groups is 1. The lowest BCUT2D eigenvalue weighted by atomic mass is 9.93. The number of aliphatic hydroxyl groups excluding tert-OH is 1. The van der Waals surface area contributed by atoms with Crippen molar-refractivity contribution in [2.24, 2.45) is 0 Å². The highest BCUT2D eigenvalue weighted by molar-refractivity contribution is 8.44. The summed E-state index contributed by atoms with van der Waals surface area (Å²) in [5.74, 6) is 0. The lowest BCUT2D eigenvalue weighted by Crippen LogP contribution is -2.36. The zero-order valence-electron chi connectivity index (χ0n) is 9.40. The van der Waals surface area contributed by atoms with E-state index < -0.39 is 31.1 Å². The lowest BCUT2D eigenvalue weighted by Gasteiger charge is -2.22. The molecule has 0 aromatic rings. The first-order valence-electron chi connectivity index (χ1n) is 4.80. The molecule has 94 valence electrons. The minimum absolute atomic E-state index is 0.240. The topological polar surface area (TPSA) is 74.2 Å². The van der Waals surface area contributed by atoms with Crippen molar-refractivity contribution in [2.45, 2.75) is 24.3 Å². The van der Waals surface area contributed by atoms with Crippen LogP contribution >= 0.6 is 19.0 Å². The summed E-state index contributed by atoms with van der Waals surface area (Å²) < 4.78 is 31.6. The second-order valence-electron chi connectivity index (χ2n) is 3.55. The van der Waals surface area contributed by atoms with Crippen molar-refractivity contribution in [3.8, 4) is 0 Å². The van der Waals surface area contributed by atoms with E-state index in [9.17, 15) is 9.67 Å². The molecule has 9 heteroatoms. The summed E-state index contributed by atoms with van der Waals surface area (Å²) in [7, 11) is 4.43. The fourth-order valence-corrected chi connectivity index (χ4v) is 2.53. The van der Waals surface area contributed by atoms with Crippen molar-refractivity contribution < 1.29 is 28.2 Å². The van der Waals surface area contributed by atoms with Crippen LogP contribution in [0.25, 0.3) is 0 Å². The van der Waals surface area contributed by atoms with E-state index >= 15 is 0 Å². The third-order valence-electron chi connectivity index (χ3n) is 2.39. The highest BCUT2D eigenvalue weighted by Crippen LogP contribution is 2.54. The Balaban J connectivity index is 2.70. The summed E-state index contributed by atoms with van der Waals surface area (Å²) in [6, 6.07) is -0.407. The van der Waals surface area contributed by atoms with E-state index in [-0.39, 0.29) is 6.61 Å². The molecule has 0 aromatic carbocycles. The van der Waals surface area contributed by atoms with Crippen molar-refractivity contribution >= 4 is 26.9 Å². The van der Waals surface area contributed by atoms with Gasteiger partial charge in [0.05, 0.1) is 12.6 Å². The molecule has 2 unspecified atom stereocenters. The quantitative estimate of drug-likeness (QED) is 0.395. The predicted octanol–water partition coefficient (Wildman–Crippen LogP) is -0.579. The number of rotatable bonds is 5. The minimum atomic E-state index is -3.45. The minimum Gasteiger partial charge on any atom is -0.388 e. The van der Waals surface area contributed by atoms with E-state index in [4.69, 9.17) is 14.0 Å². The van der Waals surface area contributed by atoms with Crippen molar-refractivity contribution in [3.63, 3.8) is 0 Å². The Hall–Kier alpha value is 0.445. The van der Waals surface area contributed by atoms with Gasteiger partial charge in [0, 0.05) is 14.2 Å². The van der Waals surface area contributed by atoms with Crippen LogP contribution in [-0.4, -0.2) is 58.1 Å². The summed E-state index contributed by atoms with van der Waals surface area (Å²) in [5.41, 5.74) is 0. The fourth-order valence-electron chi connectivity index (χ4n) is 1.55. The molecule has 1 fully saturated rings. The van der Waals surface area contributed by atoms with Gasteiger partial charge in [0.2, 0.25) is 0 Å². The van der Waals surface area contributed by atoms with E-state index in [2.05, 4.69) is 16.8 Å². The monoisotopic (exact) mass is 270 g/mol. The number of methoxy groups -OCH3 is 1. The first-order valence-corrected chi connectivity index (χ1v) is 7.50. The molecule has 0 radical (unpaired) electrons. The van der Waals surface area contributed by atoms with Gasteiger partial charge < -0.3 is 19.1 Å². The molecule has 0 amide bonds. The maximum atomic E-state index is 11.6. The average molecular weight is 270 g/mol. The molecule has 1 aliphatic rings. The third kappa shape index (κ3) is 3.47. The zero-order valence-corrected chi connectivity index (χ0v) is 11.2. The second-order valence-corrected chi connectivity index (χ2v) is 6.53. The summed E-state index contributed by atoms with van der Waals surface area (Å²) in [6.07, 6.45) is -2.13. The predicted molar refractivity (Wildman–Crippen MR) is 63.6 cm³/mol. The molecule has 0 saturated carbocycles. The summed E-state index contributed by atoms with van der Waals surface area (Å²) in [6.45, 7) is -3.21. The first-order chi connectivity index (χ1) is 7.41. The molecule has 1 saturated heterocycles. The highest BCUT2D eigenvalue weighted by Gasteiger charge is 2.45. The Bertz CT molecular complexity index is 280. The maximum Gasteiger partial charge on any atom is 0.386 e. The largest absolute Gasteiger partial charge is 0.388 e. The van der Waals surface area contributed by atoms with Crippen LogP contribution in [0.3, 0.4) is 0 Å². The van der Waals surface area contributed by atoms with Crippen LogP contribution in [0.1, 0.15) is 0 Å². The maximum absolute atomic E-state index is 11.6. The number of thiol groups is 1. The normalized spacial score (nSPS) is 38.5. The molecule has 5 atom stereocenters. The van der Waals surface area contributed by atoms with Crippen LogP contribution in [0.2, 0.25) is 0 Å². The Morgan fingerprint density at radius 2 is 2.19 bits per heavy atom. The van der Waals surface area contributed by atoms with Gasteiger partial charge in [-0.3, -0.25) is 4.52 Å². The van der Waals surface area contributed by atoms with Gasteiger partial charge in [-0.1, -0.05) is 12.2 Å². The molecule has 6 nitrogen and oxygen atoms in total. The molecular formula is C7H16BO6PS. The van der Waals surface area contributed by atoms with Gasteiger partial charge in [-0.2, -0.15) is 0 Å². The van der Waals surface area contributed by atoms with Gasteiger partial charge in [-0.25, -0.2) is 4.57 Å². The van der Waals surface area contributed by atoms with Crippen LogP contribution in [0.5, 0.6) is 0 Å². The number of hydrogen-bond donors (Lipinski definition) is 2. The SMILES string of the molecule is B[C@@H]1O[C@H](COC)[C@H](OP(=O)(S)OC)C1O. The van der Waals surface area contributed by atoms with Crippen LogP contribution in [0, 0.1) is 0 Å². The van der Waals surface area contributed by atoms with Gasteiger partial charge >= 0.3 is 6.80 Å². The van der Waals surface area contributed by atoms with E-state index in [1.807, 2.05) is 0 Å². The first kappa shape index (κ1) is 14.5. The van der Waals surface area contributed by atoms with Crippen LogP contribution in [-0.2, 0) is 23.1 Å². The van der Waals surface area contributed by atoms with Gasteiger partial charge in [-0.15, -0.1) is 0 Å². The van der Waals surface area contributed by atoms with Gasteiger partial charge in [0.25, 0.3) is 0 Å². The summed E-state index contributed by atoms with van der Waals surface area (Å²) in [5, 5.41) is 9.80. The lowest BCUT2D eigenvalue weighted by molar-refractivity contribution is -0.0139. The molecule has 0 bridgehead atoms. The molecule has 0 spiro atoms. The van der Waals surface area contributed by atoms with Crippen LogP contribution < -0.4 is 0 Å². The van der Waals surface area contributed by atoms with E-state index in [0.29, 0.717) is 0 Å². The average Bonchev–Trinajstić information content (AvgIpc) is 2.47. The molecule has 1 aliphatic heterocycles. The zero-order chi connectivity index (χ0) is 12.3. The van der Waals surface area contributed by atoms with Gasteiger partial charge in [0.1, 0.15) is 26.2 Å². The van der Waals surface area contributed by atoms with Crippen molar-refractivity contribution in [3.05, 3.63) is 0 Å². The summed E-state index contributed by atoms with van der Waals surface area (Å²) >= 11 is 3.74. The summed E-state index contributed by atoms with van der Waals surface area (Å²) in [4.78, 5) is 0. The fraction of sp³-hybridized carbons (Fsp3) is 1.00. The van der Waals surface area contributed by atoms with E-state index in [1.165, 1.54) is 14.2 Å². The van der Waals surface area contributed by atoms with Crippen LogP contribution in [0.15, 0.2) is 0 Å². The number of ether oxygens (including phenoxy) is 2. The highest BCUT2D eigenvalue weighted by atomic mass is 32.7. The van der Waals surface area contributed by atoms with Crippen molar-refractivity contribution in [1.29, 1.82) is 0 Å². The Kier molecular flexibility index (Phi) is 5.32. The molecule has 1 rings (SSSR count).